The average Bonchev–Trinajstić information content (AvgIpc) is 2.59. The van der Waals surface area contributed by atoms with Gasteiger partial charge >= 0.3 is 0 Å². The molecule has 2 aromatic rings. The van der Waals surface area contributed by atoms with E-state index in [1.807, 2.05) is 0 Å². The van der Waals surface area contributed by atoms with Gasteiger partial charge in [-0.2, -0.15) is 0 Å². The Balaban J connectivity index is 1.56. The lowest BCUT2D eigenvalue weighted by Crippen LogP contribution is -2.25. The molecule has 5 heteroatoms. The Morgan fingerprint density at radius 3 is 2.58 bits per heavy atom. The number of carbonyl (C=O) groups is 2. The fraction of sp³-hybridized carbons (Fsp3) is 0.333. The SMILES string of the molecule is CC(C)(C)c1ccc(CCC(=O)Nc2ccc3c(c2)NC(=O)CO3)cc1. The van der Waals surface area contributed by atoms with Crippen molar-refractivity contribution >= 4 is 23.2 Å². The summed E-state index contributed by atoms with van der Waals surface area (Å²) in [7, 11) is 0. The number of fused-ring (bicyclic) bond motifs is 1. The van der Waals surface area contributed by atoms with Gasteiger partial charge in [-0.05, 0) is 41.2 Å². The van der Waals surface area contributed by atoms with Crippen LogP contribution >= 0.6 is 0 Å². The second kappa shape index (κ2) is 7.20. The molecule has 2 amide bonds. The van der Waals surface area contributed by atoms with Gasteiger partial charge in [-0.3, -0.25) is 9.59 Å². The number of ether oxygens (including phenoxy) is 1. The number of benzene rings is 2. The van der Waals surface area contributed by atoms with Crippen LogP contribution in [-0.4, -0.2) is 18.4 Å². The van der Waals surface area contributed by atoms with Gasteiger partial charge in [0.2, 0.25) is 5.91 Å². The standard InChI is InChI=1S/C21H24N2O3/c1-21(2,3)15-7-4-14(5-8-15)6-11-19(24)22-16-9-10-18-17(12-16)23-20(25)13-26-18/h4-5,7-10,12H,6,11,13H2,1-3H3,(H,22,24)(H,23,25). The predicted octanol–water partition coefficient (Wildman–Crippen LogP) is 3.89. The van der Waals surface area contributed by atoms with E-state index < -0.39 is 0 Å². The van der Waals surface area contributed by atoms with Crippen LogP contribution < -0.4 is 15.4 Å². The predicted molar refractivity (Wildman–Crippen MR) is 103 cm³/mol. The molecule has 3 rings (SSSR count). The molecule has 0 saturated heterocycles. The van der Waals surface area contributed by atoms with Crippen LogP contribution in [0.3, 0.4) is 0 Å². The van der Waals surface area contributed by atoms with Gasteiger partial charge in [-0.1, -0.05) is 45.0 Å². The highest BCUT2D eigenvalue weighted by Gasteiger charge is 2.16. The Hall–Kier alpha value is -2.82. The van der Waals surface area contributed by atoms with Gasteiger partial charge in [-0.15, -0.1) is 0 Å². The topological polar surface area (TPSA) is 67.4 Å². The zero-order valence-corrected chi connectivity index (χ0v) is 15.4. The molecule has 0 saturated carbocycles. The van der Waals surface area contributed by atoms with Crippen molar-refractivity contribution in [1.82, 2.24) is 0 Å². The number of hydrogen-bond donors (Lipinski definition) is 2. The molecule has 1 aliphatic rings. The van der Waals surface area contributed by atoms with E-state index in [-0.39, 0.29) is 23.8 Å². The van der Waals surface area contributed by atoms with Crippen LogP contribution in [0.1, 0.15) is 38.3 Å². The Morgan fingerprint density at radius 1 is 1.15 bits per heavy atom. The first-order valence-corrected chi connectivity index (χ1v) is 8.77. The smallest absolute Gasteiger partial charge is 0.262 e. The first kappa shape index (κ1) is 18.0. The number of hydrogen-bond acceptors (Lipinski definition) is 3. The van der Waals surface area contributed by atoms with Crippen LogP contribution in [0.25, 0.3) is 0 Å². The lowest BCUT2D eigenvalue weighted by molar-refractivity contribution is -0.118. The number of aryl methyl sites for hydroxylation is 1. The molecular formula is C21H24N2O3. The summed E-state index contributed by atoms with van der Waals surface area (Å²) < 4.78 is 5.31. The Kier molecular flexibility index (Phi) is 4.98. The maximum Gasteiger partial charge on any atom is 0.262 e. The highest BCUT2D eigenvalue weighted by atomic mass is 16.5. The first-order valence-electron chi connectivity index (χ1n) is 8.77. The van der Waals surface area contributed by atoms with Gasteiger partial charge in [0, 0.05) is 12.1 Å². The molecule has 0 radical (unpaired) electrons. The summed E-state index contributed by atoms with van der Waals surface area (Å²) in [5, 5.41) is 5.60. The van der Waals surface area contributed by atoms with Crippen LogP contribution in [-0.2, 0) is 21.4 Å². The third-order valence-electron chi connectivity index (χ3n) is 4.36. The van der Waals surface area contributed by atoms with Crippen molar-refractivity contribution in [3.8, 4) is 5.75 Å². The van der Waals surface area contributed by atoms with E-state index in [2.05, 4.69) is 55.7 Å². The number of rotatable bonds is 4. The van der Waals surface area contributed by atoms with Gasteiger partial charge in [-0.25, -0.2) is 0 Å². The highest BCUT2D eigenvalue weighted by molar-refractivity contribution is 5.97. The van der Waals surface area contributed by atoms with E-state index in [1.165, 1.54) is 5.56 Å². The molecule has 2 aromatic carbocycles. The minimum Gasteiger partial charge on any atom is -0.482 e. The molecule has 0 unspecified atom stereocenters. The fourth-order valence-corrected chi connectivity index (χ4v) is 2.81. The number of anilines is 2. The summed E-state index contributed by atoms with van der Waals surface area (Å²) in [5.74, 6) is 0.356. The second-order valence-electron chi connectivity index (χ2n) is 7.54. The van der Waals surface area contributed by atoms with Crippen LogP contribution in [0.4, 0.5) is 11.4 Å². The van der Waals surface area contributed by atoms with Crippen molar-refractivity contribution in [2.75, 3.05) is 17.2 Å². The zero-order chi connectivity index (χ0) is 18.7. The Morgan fingerprint density at radius 2 is 1.88 bits per heavy atom. The Labute approximate surface area is 153 Å². The molecule has 5 nitrogen and oxygen atoms in total. The summed E-state index contributed by atoms with van der Waals surface area (Å²) in [5.41, 5.74) is 3.77. The largest absolute Gasteiger partial charge is 0.482 e. The van der Waals surface area contributed by atoms with Crippen molar-refractivity contribution in [1.29, 1.82) is 0 Å². The lowest BCUT2D eigenvalue weighted by atomic mass is 9.86. The number of nitrogens with one attached hydrogen (secondary N) is 2. The summed E-state index contributed by atoms with van der Waals surface area (Å²) in [6.07, 6.45) is 1.08. The van der Waals surface area contributed by atoms with Gasteiger partial charge in [0.25, 0.3) is 5.91 Å². The quantitative estimate of drug-likeness (QED) is 0.877. The van der Waals surface area contributed by atoms with Gasteiger partial charge in [0.05, 0.1) is 5.69 Å². The summed E-state index contributed by atoms with van der Waals surface area (Å²) in [6, 6.07) is 13.6. The maximum atomic E-state index is 12.2. The molecule has 0 aliphatic carbocycles. The van der Waals surface area contributed by atoms with Crippen molar-refractivity contribution in [3.63, 3.8) is 0 Å². The molecule has 1 heterocycles. The lowest BCUT2D eigenvalue weighted by Gasteiger charge is -2.19. The van der Waals surface area contributed by atoms with E-state index in [0.717, 1.165) is 5.56 Å². The molecule has 136 valence electrons. The summed E-state index contributed by atoms with van der Waals surface area (Å²) >= 11 is 0. The minimum atomic E-state index is -0.195. The van der Waals surface area contributed by atoms with Crippen LogP contribution in [0.15, 0.2) is 42.5 Å². The van der Waals surface area contributed by atoms with E-state index >= 15 is 0 Å². The van der Waals surface area contributed by atoms with E-state index in [1.54, 1.807) is 18.2 Å². The van der Waals surface area contributed by atoms with Crippen LogP contribution in [0.2, 0.25) is 0 Å². The second-order valence-corrected chi connectivity index (χ2v) is 7.54. The monoisotopic (exact) mass is 352 g/mol. The van der Waals surface area contributed by atoms with Gasteiger partial charge in [0.1, 0.15) is 5.75 Å². The van der Waals surface area contributed by atoms with Gasteiger partial charge in [0.15, 0.2) is 6.61 Å². The van der Waals surface area contributed by atoms with Crippen molar-refractivity contribution in [2.45, 2.75) is 39.0 Å². The highest BCUT2D eigenvalue weighted by Crippen LogP contribution is 2.30. The molecule has 0 bridgehead atoms. The third-order valence-corrected chi connectivity index (χ3v) is 4.36. The zero-order valence-electron chi connectivity index (χ0n) is 15.4. The first-order chi connectivity index (χ1) is 12.3. The van der Waals surface area contributed by atoms with Gasteiger partial charge < -0.3 is 15.4 Å². The normalized spacial score (nSPS) is 13.4. The van der Waals surface area contributed by atoms with E-state index in [9.17, 15) is 9.59 Å². The van der Waals surface area contributed by atoms with E-state index in [4.69, 9.17) is 4.74 Å². The fourth-order valence-electron chi connectivity index (χ4n) is 2.81. The molecule has 0 atom stereocenters. The molecule has 0 spiro atoms. The average molecular weight is 352 g/mol. The third kappa shape index (κ3) is 4.42. The number of carbonyl (C=O) groups excluding carboxylic acids is 2. The molecule has 26 heavy (non-hydrogen) atoms. The van der Waals surface area contributed by atoms with Crippen molar-refractivity contribution in [2.24, 2.45) is 0 Å². The summed E-state index contributed by atoms with van der Waals surface area (Å²) in [4.78, 5) is 23.6. The molecule has 0 aromatic heterocycles. The van der Waals surface area contributed by atoms with Crippen LogP contribution in [0, 0.1) is 0 Å². The number of amides is 2. The van der Waals surface area contributed by atoms with Crippen LogP contribution in [0.5, 0.6) is 5.75 Å². The Bertz CT molecular complexity index is 820. The van der Waals surface area contributed by atoms with Crippen molar-refractivity contribution < 1.29 is 14.3 Å². The maximum absolute atomic E-state index is 12.2. The van der Waals surface area contributed by atoms with Crippen molar-refractivity contribution in [3.05, 3.63) is 53.6 Å². The molecule has 0 fully saturated rings. The van der Waals surface area contributed by atoms with E-state index in [0.29, 0.717) is 30.0 Å². The summed E-state index contributed by atoms with van der Waals surface area (Å²) in [6.45, 7) is 6.57. The molecule has 2 N–H and O–H groups in total. The molecule has 1 aliphatic heterocycles. The minimum absolute atomic E-state index is 0.0205. The molecular weight excluding hydrogens is 328 g/mol.